The molecule has 0 aliphatic carbocycles. The molecule has 3 nitrogen and oxygen atoms in total. The third-order valence-corrected chi connectivity index (χ3v) is 3.61. The highest BCUT2D eigenvalue weighted by molar-refractivity contribution is 6.05. The van der Waals surface area contributed by atoms with E-state index in [2.05, 4.69) is 42.3 Å². The normalized spacial score (nSPS) is 11.1. The summed E-state index contributed by atoms with van der Waals surface area (Å²) in [6.07, 6.45) is 5.81. The SMILES string of the molecule is CCCNc1nc2c(ccc3ccncc32)cc1CC. The zero-order valence-corrected chi connectivity index (χ0v) is 12.0. The van der Waals surface area contributed by atoms with Crippen LogP contribution in [-0.2, 0) is 6.42 Å². The van der Waals surface area contributed by atoms with E-state index in [0.29, 0.717) is 0 Å². The summed E-state index contributed by atoms with van der Waals surface area (Å²) in [4.78, 5) is 9.10. The van der Waals surface area contributed by atoms with Crippen LogP contribution in [0.3, 0.4) is 0 Å². The van der Waals surface area contributed by atoms with Gasteiger partial charge in [0.1, 0.15) is 5.82 Å². The standard InChI is InChI=1S/C17H19N3/c1-3-8-19-17-12(4-2)10-14-6-5-13-7-9-18-11-15(13)16(14)20-17/h5-7,9-11H,3-4,8H2,1-2H3,(H,19,20). The monoisotopic (exact) mass is 265 g/mol. The third kappa shape index (κ3) is 2.20. The van der Waals surface area contributed by atoms with Crippen molar-refractivity contribution >= 4 is 27.5 Å². The van der Waals surface area contributed by atoms with E-state index in [4.69, 9.17) is 4.98 Å². The summed E-state index contributed by atoms with van der Waals surface area (Å²) in [5.41, 5.74) is 2.31. The minimum absolute atomic E-state index is 0.953. The maximum absolute atomic E-state index is 4.86. The number of aryl methyl sites for hydroxylation is 1. The summed E-state index contributed by atoms with van der Waals surface area (Å²) >= 11 is 0. The lowest BCUT2D eigenvalue weighted by molar-refractivity contribution is 0.962. The Hall–Kier alpha value is -2.16. The Labute approximate surface area is 119 Å². The second-order valence-electron chi connectivity index (χ2n) is 5.01. The Kier molecular flexibility index (Phi) is 3.50. The molecule has 0 bridgehead atoms. The molecule has 0 unspecified atom stereocenters. The molecule has 3 aromatic rings. The largest absolute Gasteiger partial charge is 0.370 e. The molecule has 2 aromatic heterocycles. The number of nitrogens with one attached hydrogen (secondary N) is 1. The van der Waals surface area contributed by atoms with Crippen molar-refractivity contribution in [2.75, 3.05) is 11.9 Å². The van der Waals surface area contributed by atoms with E-state index >= 15 is 0 Å². The van der Waals surface area contributed by atoms with Crippen LogP contribution in [0.15, 0.2) is 36.7 Å². The van der Waals surface area contributed by atoms with Gasteiger partial charge in [0, 0.05) is 29.7 Å². The molecular formula is C17H19N3. The van der Waals surface area contributed by atoms with E-state index in [1.54, 1.807) is 0 Å². The quantitative estimate of drug-likeness (QED) is 0.719. The second-order valence-corrected chi connectivity index (χ2v) is 5.01. The van der Waals surface area contributed by atoms with E-state index in [0.717, 1.165) is 36.1 Å². The predicted molar refractivity (Wildman–Crippen MR) is 85.2 cm³/mol. The van der Waals surface area contributed by atoms with E-state index in [-0.39, 0.29) is 0 Å². The van der Waals surface area contributed by atoms with E-state index in [9.17, 15) is 0 Å². The molecular weight excluding hydrogens is 246 g/mol. The van der Waals surface area contributed by atoms with Crippen molar-refractivity contribution in [2.24, 2.45) is 0 Å². The smallest absolute Gasteiger partial charge is 0.129 e. The number of nitrogens with zero attached hydrogens (tertiary/aromatic N) is 2. The van der Waals surface area contributed by atoms with E-state index in [1.165, 1.54) is 16.3 Å². The molecule has 0 fully saturated rings. The van der Waals surface area contributed by atoms with E-state index in [1.807, 2.05) is 18.5 Å². The van der Waals surface area contributed by atoms with Crippen molar-refractivity contribution in [1.82, 2.24) is 9.97 Å². The molecule has 0 saturated carbocycles. The lowest BCUT2D eigenvalue weighted by Crippen LogP contribution is -2.05. The van der Waals surface area contributed by atoms with Crippen molar-refractivity contribution in [2.45, 2.75) is 26.7 Å². The van der Waals surface area contributed by atoms with Crippen molar-refractivity contribution in [1.29, 1.82) is 0 Å². The summed E-state index contributed by atoms with van der Waals surface area (Å²) in [5, 5.41) is 6.93. The summed E-state index contributed by atoms with van der Waals surface area (Å²) in [5.74, 6) is 1.01. The van der Waals surface area contributed by atoms with Gasteiger partial charge in [-0.25, -0.2) is 4.98 Å². The minimum atomic E-state index is 0.953. The van der Waals surface area contributed by atoms with Gasteiger partial charge in [0.15, 0.2) is 0 Å². The van der Waals surface area contributed by atoms with Gasteiger partial charge in [0.25, 0.3) is 0 Å². The van der Waals surface area contributed by atoms with Crippen molar-refractivity contribution in [3.8, 4) is 0 Å². The van der Waals surface area contributed by atoms with Gasteiger partial charge >= 0.3 is 0 Å². The Bertz CT molecular complexity index is 750. The molecule has 0 saturated heterocycles. The molecule has 0 radical (unpaired) electrons. The van der Waals surface area contributed by atoms with Crippen LogP contribution in [0.2, 0.25) is 0 Å². The predicted octanol–water partition coefficient (Wildman–Crippen LogP) is 4.17. The molecule has 0 spiro atoms. The Morgan fingerprint density at radius 2 is 1.95 bits per heavy atom. The van der Waals surface area contributed by atoms with Crippen LogP contribution >= 0.6 is 0 Å². The number of anilines is 1. The maximum atomic E-state index is 4.86. The van der Waals surface area contributed by atoms with Crippen molar-refractivity contribution in [3.63, 3.8) is 0 Å². The summed E-state index contributed by atoms with van der Waals surface area (Å²) in [7, 11) is 0. The summed E-state index contributed by atoms with van der Waals surface area (Å²) in [6, 6.07) is 8.56. The summed E-state index contributed by atoms with van der Waals surface area (Å²) < 4.78 is 0. The molecule has 0 aliphatic heterocycles. The van der Waals surface area contributed by atoms with Crippen LogP contribution in [0, 0.1) is 0 Å². The van der Waals surface area contributed by atoms with Crippen molar-refractivity contribution < 1.29 is 0 Å². The van der Waals surface area contributed by atoms with Crippen LogP contribution in [0.25, 0.3) is 21.7 Å². The molecule has 2 heterocycles. The Morgan fingerprint density at radius 1 is 1.10 bits per heavy atom. The number of aromatic nitrogens is 2. The van der Waals surface area contributed by atoms with Gasteiger partial charge in [-0.15, -0.1) is 0 Å². The van der Waals surface area contributed by atoms with Crippen molar-refractivity contribution in [3.05, 3.63) is 42.2 Å². The average Bonchev–Trinajstić information content (AvgIpc) is 2.51. The van der Waals surface area contributed by atoms with Gasteiger partial charge in [-0.05, 0) is 35.9 Å². The first-order valence-corrected chi connectivity index (χ1v) is 7.23. The van der Waals surface area contributed by atoms with Gasteiger partial charge in [-0.3, -0.25) is 4.98 Å². The van der Waals surface area contributed by atoms with Crippen LogP contribution in [0.5, 0.6) is 0 Å². The first-order valence-electron chi connectivity index (χ1n) is 7.23. The number of hydrogen-bond donors (Lipinski definition) is 1. The first kappa shape index (κ1) is 12.9. The van der Waals surface area contributed by atoms with Gasteiger partial charge in [0.05, 0.1) is 5.52 Å². The van der Waals surface area contributed by atoms with Crippen LogP contribution in [-0.4, -0.2) is 16.5 Å². The fourth-order valence-corrected chi connectivity index (χ4v) is 2.51. The Balaban J connectivity index is 2.25. The second kappa shape index (κ2) is 5.45. The van der Waals surface area contributed by atoms with Gasteiger partial charge in [0.2, 0.25) is 0 Å². The minimum Gasteiger partial charge on any atom is -0.370 e. The molecule has 1 N–H and O–H groups in total. The fraction of sp³-hybridized carbons (Fsp3) is 0.294. The van der Waals surface area contributed by atoms with Gasteiger partial charge in [-0.2, -0.15) is 0 Å². The lowest BCUT2D eigenvalue weighted by atomic mass is 10.1. The maximum Gasteiger partial charge on any atom is 0.129 e. The van der Waals surface area contributed by atoms with Gasteiger partial charge < -0.3 is 5.32 Å². The zero-order valence-electron chi connectivity index (χ0n) is 12.0. The Morgan fingerprint density at radius 3 is 2.75 bits per heavy atom. The number of rotatable bonds is 4. The van der Waals surface area contributed by atoms with Crippen LogP contribution in [0.4, 0.5) is 5.82 Å². The third-order valence-electron chi connectivity index (χ3n) is 3.61. The molecule has 3 rings (SSSR count). The topological polar surface area (TPSA) is 37.8 Å². The average molecular weight is 265 g/mol. The number of hydrogen-bond acceptors (Lipinski definition) is 3. The van der Waals surface area contributed by atoms with Gasteiger partial charge in [-0.1, -0.05) is 26.0 Å². The van der Waals surface area contributed by atoms with E-state index < -0.39 is 0 Å². The molecule has 1 aromatic carbocycles. The highest BCUT2D eigenvalue weighted by atomic mass is 15.0. The summed E-state index contributed by atoms with van der Waals surface area (Å²) in [6.45, 7) is 5.29. The molecule has 20 heavy (non-hydrogen) atoms. The number of pyridine rings is 2. The molecule has 3 heteroatoms. The lowest BCUT2D eigenvalue weighted by Gasteiger charge is -2.12. The van der Waals surface area contributed by atoms with Crippen LogP contribution < -0.4 is 5.32 Å². The first-order chi connectivity index (χ1) is 9.83. The highest BCUT2D eigenvalue weighted by Gasteiger charge is 2.08. The fourth-order valence-electron chi connectivity index (χ4n) is 2.51. The number of benzene rings is 1. The molecule has 0 aliphatic rings. The number of fused-ring (bicyclic) bond motifs is 3. The molecule has 0 amide bonds. The highest BCUT2D eigenvalue weighted by Crippen LogP contribution is 2.27. The molecule has 102 valence electrons. The zero-order chi connectivity index (χ0) is 13.9. The molecule has 0 atom stereocenters. The van der Waals surface area contributed by atoms with Crippen LogP contribution in [0.1, 0.15) is 25.8 Å².